The molecule has 0 spiro atoms. The van der Waals surface area contributed by atoms with Crippen LogP contribution in [0.3, 0.4) is 0 Å². The van der Waals surface area contributed by atoms with Crippen LogP contribution in [0.2, 0.25) is 0 Å². The fourth-order valence-electron chi connectivity index (χ4n) is 4.17. The monoisotopic (exact) mass is 340 g/mol. The number of ether oxygens (including phenoxy) is 1. The molecule has 2 aliphatic rings. The number of aryl methyl sites for hydroxylation is 1. The van der Waals surface area contributed by atoms with E-state index >= 15 is 0 Å². The van der Waals surface area contributed by atoms with Gasteiger partial charge < -0.3 is 0 Å². The van der Waals surface area contributed by atoms with E-state index in [4.69, 9.17) is 4.74 Å². The molecule has 1 atom stereocenters. The molecule has 4 nitrogen and oxygen atoms in total. The van der Waals surface area contributed by atoms with Crippen LogP contribution >= 0.6 is 0 Å². The van der Waals surface area contributed by atoms with E-state index in [0.717, 1.165) is 18.6 Å². The predicted molar refractivity (Wildman–Crippen MR) is 103 cm³/mol. The first-order chi connectivity index (χ1) is 12.1. The zero-order valence-corrected chi connectivity index (χ0v) is 15.5. The van der Waals surface area contributed by atoms with Crippen LogP contribution in [-0.2, 0) is 11.2 Å². The van der Waals surface area contributed by atoms with Gasteiger partial charge in [-0.15, -0.1) is 0 Å². The molecular formula is C20H29BN2O2. The molecule has 1 aromatic rings. The SMILES string of the molecule is B=C1NC(COc2ccccc2CC)(CC2CCCCC2)C(=O)N1C. The summed E-state index contributed by atoms with van der Waals surface area (Å²) in [7, 11) is 5.79. The van der Waals surface area contributed by atoms with Gasteiger partial charge in [-0.2, -0.15) is 0 Å². The van der Waals surface area contributed by atoms with Crippen LogP contribution < -0.4 is 10.1 Å². The molecule has 1 unspecified atom stereocenters. The molecule has 1 aromatic carbocycles. The summed E-state index contributed by atoms with van der Waals surface area (Å²) in [4.78, 5) is 14.6. The van der Waals surface area contributed by atoms with Crippen molar-refractivity contribution >= 4 is 19.1 Å². The normalized spacial score (nSPS) is 24.4. The molecule has 25 heavy (non-hydrogen) atoms. The van der Waals surface area contributed by atoms with Crippen molar-refractivity contribution in [1.29, 1.82) is 0 Å². The zero-order chi connectivity index (χ0) is 17.9. The fraction of sp³-hybridized carbons (Fsp3) is 0.600. The molecule has 5 heteroatoms. The summed E-state index contributed by atoms with van der Waals surface area (Å²) in [5, 5.41) is 3.38. The van der Waals surface area contributed by atoms with Crippen molar-refractivity contribution in [2.24, 2.45) is 5.92 Å². The van der Waals surface area contributed by atoms with E-state index in [1.807, 2.05) is 18.2 Å². The Bertz CT molecular complexity index is 642. The standard InChI is InChI=1S/C20H29BN2O2/c1-3-16-11-7-8-12-17(16)25-14-20(13-15-9-5-4-6-10-15)18(24)23(2)19(21)22-20/h7-8,11-12,15,21-22H,3-6,9-10,13-14H2,1-2H3. The third kappa shape index (κ3) is 3.75. The second kappa shape index (κ2) is 7.63. The molecule has 3 rings (SSSR count). The Morgan fingerprint density at radius 2 is 2.00 bits per heavy atom. The van der Waals surface area contributed by atoms with Crippen LogP contribution in [-0.4, -0.2) is 43.2 Å². The summed E-state index contributed by atoms with van der Waals surface area (Å²) in [6.07, 6.45) is 8.01. The molecule has 0 aromatic heterocycles. The molecule has 1 aliphatic heterocycles. The van der Waals surface area contributed by atoms with Crippen LogP contribution in [0.25, 0.3) is 0 Å². The van der Waals surface area contributed by atoms with Crippen molar-refractivity contribution in [3.05, 3.63) is 29.8 Å². The van der Waals surface area contributed by atoms with Crippen molar-refractivity contribution in [2.75, 3.05) is 13.7 Å². The van der Waals surface area contributed by atoms with Gasteiger partial charge >= 0.3 is 151 Å². The van der Waals surface area contributed by atoms with Crippen molar-refractivity contribution in [1.82, 2.24) is 10.2 Å². The summed E-state index contributed by atoms with van der Waals surface area (Å²) in [6, 6.07) is 8.08. The minimum absolute atomic E-state index is 0.0806. The van der Waals surface area contributed by atoms with Crippen LogP contribution in [0.15, 0.2) is 24.3 Å². The van der Waals surface area contributed by atoms with Gasteiger partial charge in [0.15, 0.2) is 0 Å². The van der Waals surface area contributed by atoms with E-state index in [-0.39, 0.29) is 5.91 Å². The van der Waals surface area contributed by atoms with E-state index in [2.05, 4.69) is 25.8 Å². The van der Waals surface area contributed by atoms with Crippen molar-refractivity contribution in [3.8, 4) is 5.75 Å². The van der Waals surface area contributed by atoms with Gasteiger partial charge in [-0.05, 0) is 0 Å². The van der Waals surface area contributed by atoms with Crippen LogP contribution in [0.5, 0.6) is 5.75 Å². The number of carbonyl (C=O) groups excluding carboxylic acids is 1. The maximum atomic E-state index is 13.0. The number of amides is 1. The molecule has 1 saturated heterocycles. The van der Waals surface area contributed by atoms with Crippen molar-refractivity contribution in [3.63, 3.8) is 0 Å². The number of carbonyl (C=O) groups is 1. The number of hydrogen-bond acceptors (Lipinski definition) is 3. The van der Waals surface area contributed by atoms with Crippen LogP contribution in [0, 0.1) is 5.92 Å². The van der Waals surface area contributed by atoms with E-state index in [1.165, 1.54) is 37.7 Å². The van der Waals surface area contributed by atoms with Crippen molar-refractivity contribution < 1.29 is 9.53 Å². The average molecular weight is 340 g/mol. The Hall–Kier alpha value is -1.78. The van der Waals surface area contributed by atoms with Gasteiger partial charge in [0, 0.05) is 0 Å². The average Bonchev–Trinajstić information content (AvgIpc) is 2.85. The first-order valence-electron chi connectivity index (χ1n) is 9.51. The number of benzene rings is 1. The van der Waals surface area contributed by atoms with Crippen LogP contribution in [0.4, 0.5) is 0 Å². The van der Waals surface area contributed by atoms with Gasteiger partial charge in [-0.1, -0.05) is 0 Å². The number of nitrogens with one attached hydrogen (secondary N) is 1. The second-order valence-electron chi connectivity index (χ2n) is 7.48. The van der Waals surface area contributed by atoms with Crippen molar-refractivity contribution in [2.45, 2.75) is 57.4 Å². The van der Waals surface area contributed by atoms with E-state index in [0.29, 0.717) is 18.2 Å². The summed E-state index contributed by atoms with van der Waals surface area (Å²) < 4.78 is 6.17. The molecular weight excluding hydrogens is 311 g/mol. The number of likely N-dealkylation sites (N-methyl/N-ethyl adjacent to an activating group) is 1. The number of hydrogen-bond donors (Lipinski definition) is 1. The second-order valence-corrected chi connectivity index (χ2v) is 7.48. The van der Waals surface area contributed by atoms with E-state index in [1.54, 1.807) is 11.9 Å². The minimum atomic E-state index is -0.686. The molecule has 1 N–H and O–H groups in total. The van der Waals surface area contributed by atoms with Gasteiger partial charge in [-0.3, -0.25) is 0 Å². The van der Waals surface area contributed by atoms with E-state index < -0.39 is 5.54 Å². The number of para-hydroxylation sites is 1. The van der Waals surface area contributed by atoms with Gasteiger partial charge in [0.05, 0.1) is 0 Å². The molecule has 1 amide bonds. The Labute approximate surface area is 152 Å². The van der Waals surface area contributed by atoms with Gasteiger partial charge in [0.25, 0.3) is 0 Å². The predicted octanol–water partition coefficient (Wildman–Crippen LogP) is 2.39. The number of rotatable bonds is 6. The summed E-state index contributed by atoms with van der Waals surface area (Å²) in [5.74, 6) is 1.54. The topological polar surface area (TPSA) is 41.6 Å². The molecule has 134 valence electrons. The molecule has 1 heterocycles. The van der Waals surface area contributed by atoms with Gasteiger partial charge in [0.2, 0.25) is 0 Å². The third-order valence-electron chi connectivity index (χ3n) is 5.69. The van der Waals surface area contributed by atoms with Gasteiger partial charge in [0.1, 0.15) is 0 Å². The quantitative estimate of drug-likeness (QED) is 0.809. The third-order valence-corrected chi connectivity index (χ3v) is 5.69. The molecule has 0 radical (unpaired) electrons. The molecule has 1 aliphatic carbocycles. The Morgan fingerprint density at radius 3 is 2.64 bits per heavy atom. The zero-order valence-electron chi connectivity index (χ0n) is 15.5. The molecule has 2 fully saturated rings. The number of nitrogens with zero attached hydrogens (tertiary/aromatic N) is 1. The molecule has 0 bridgehead atoms. The Kier molecular flexibility index (Phi) is 5.50. The summed E-state index contributed by atoms with van der Waals surface area (Å²) >= 11 is 0. The Balaban J connectivity index is 1.79. The first kappa shape index (κ1) is 18.0. The summed E-state index contributed by atoms with van der Waals surface area (Å²) in [5.41, 5.74) is 1.16. The molecule has 1 saturated carbocycles. The van der Waals surface area contributed by atoms with Crippen LogP contribution in [0.1, 0.15) is 51.0 Å². The Morgan fingerprint density at radius 1 is 1.28 bits per heavy atom. The van der Waals surface area contributed by atoms with Gasteiger partial charge in [-0.25, -0.2) is 0 Å². The summed E-state index contributed by atoms with van der Waals surface area (Å²) in [6.45, 7) is 2.47. The van der Waals surface area contributed by atoms with E-state index in [9.17, 15) is 4.79 Å². The first-order valence-corrected chi connectivity index (χ1v) is 9.51. The fourth-order valence-corrected chi connectivity index (χ4v) is 4.17. The maximum absolute atomic E-state index is 13.0.